The molecule has 4 rings (SSSR count). The monoisotopic (exact) mass is 374 g/mol. The van der Waals surface area contributed by atoms with Gasteiger partial charge < -0.3 is 4.74 Å². The first-order valence-electron chi connectivity index (χ1n) is 8.23. The number of hydrogen-bond donors (Lipinski definition) is 0. The third kappa shape index (κ3) is 3.10. The van der Waals surface area contributed by atoms with Gasteiger partial charge in [-0.2, -0.15) is 9.36 Å². The summed E-state index contributed by atoms with van der Waals surface area (Å²) in [6.07, 6.45) is 2.18. The van der Waals surface area contributed by atoms with E-state index in [-0.39, 0.29) is 18.0 Å². The zero-order valence-corrected chi connectivity index (χ0v) is 14.8. The average Bonchev–Trinajstić information content (AvgIpc) is 3.42. The first-order valence-corrected chi connectivity index (χ1v) is 8.61. The van der Waals surface area contributed by atoms with Gasteiger partial charge in [0.1, 0.15) is 18.2 Å². The fourth-order valence-corrected chi connectivity index (χ4v) is 3.10. The Morgan fingerprint density at radius 3 is 2.77 bits per heavy atom. The van der Waals surface area contributed by atoms with Crippen LogP contribution in [0.25, 0.3) is 5.69 Å². The highest BCUT2D eigenvalue weighted by Gasteiger charge is 2.28. The van der Waals surface area contributed by atoms with Crippen LogP contribution in [0.4, 0.5) is 4.39 Å². The molecule has 2 aromatic carbocycles. The van der Waals surface area contributed by atoms with Gasteiger partial charge in [-0.05, 0) is 52.9 Å². The van der Waals surface area contributed by atoms with E-state index in [1.54, 1.807) is 13.1 Å². The molecule has 8 heteroatoms. The second-order valence-corrected chi connectivity index (χ2v) is 6.69. The Morgan fingerprint density at radius 2 is 2.08 bits per heavy atom. The molecule has 1 heterocycles. The van der Waals surface area contributed by atoms with Gasteiger partial charge in [0.2, 0.25) is 0 Å². The van der Waals surface area contributed by atoms with Crippen LogP contribution in [0.15, 0.2) is 41.2 Å². The summed E-state index contributed by atoms with van der Waals surface area (Å²) in [7, 11) is 1.54. The number of benzene rings is 2. The molecule has 1 aromatic heterocycles. The van der Waals surface area contributed by atoms with Crippen molar-refractivity contribution in [2.75, 3.05) is 0 Å². The zero-order valence-electron chi connectivity index (χ0n) is 14.0. The van der Waals surface area contributed by atoms with Crippen LogP contribution in [0.3, 0.4) is 0 Å². The van der Waals surface area contributed by atoms with E-state index in [2.05, 4.69) is 10.4 Å². The number of aryl methyl sites for hydroxylation is 1. The molecule has 0 bridgehead atoms. The highest BCUT2D eigenvalue weighted by atomic mass is 35.5. The van der Waals surface area contributed by atoms with Crippen LogP contribution < -0.4 is 10.4 Å². The van der Waals surface area contributed by atoms with Gasteiger partial charge in [-0.25, -0.2) is 9.18 Å². The van der Waals surface area contributed by atoms with Crippen molar-refractivity contribution in [2.24, 2.45) is 7.05 Å². The minimum absolute atomic E-state index is 0.147. The topological polar surface area (TPSA) is 61.9 Å². The first-order chi connectivity index (χ1) is 12.5. The quantitative estimate of drug-likeness (QED) is 0.688. The summed E-state index contributed by atoms with van der Waals surface area (Å²) in [4.78, 5) is 12.3. The Kier molecular flexibility index (Phi) is 4.24. The van der Waals surface area contributed by atoms with E-state index in [4.69, 9.17) is 16.3 Å². The number of aromatic nitrogens is 4. The Hall–Kier alpha value is -2.67. The van der Waals surface area contributed by atoms with Gasteiger partial charge in [0.25, 0.3) is 0 Å². The van der Waals surface area contributed by atoms with E-state index in [1.165, 1.54) is 22.9 Å². The highest BCUT2D eigenvalue weighted by molar-refractivity contribution is 6.32. The van der Waals surface area contributed by atoms with Crippen LogP contribution in [-0.4, -0.2) is 19.8 Å². The third-order valence-electron chi connectivity index (χ3n) is 4.42. The maximum atomic E-state index is 13.5. The van der Waals surface area contributed by atoms with Crippen LogP contribution in [0.5, 0.6) is 5.75 Å². The fraction of sp³-hybridized carbons (Fsp3) is 0.278. The Balaban J connectivity index is 1.75. The molecule has 26 heavy (non-hydrogen) atoms. The van der Waals surface area contributed by atoms with Gasteiger partial charge in [0, 0.05) is 18.7 Å². The van der Waals surface area contributed by atoms with Crippen molar-refractivity contribution < 1.29 is 9.13 Å². The number of halogens is 2. The number of ether oxygens (including phenoxy) is 1. The molecule has 1 fully saturated rings. The van der Waals surface area contributed by atoms with Gasteiger partial charge in [-0.1, -0.05) is 23.7 Å². The summed E-state index contributed by atoms with van der Waals surface area (Å²) in [5.41, 5.74) is 2.20. The molecule has 0 spiro atoms. The van der Waals surface area contributed by atoms with E-state index in [0.717, 1.165) is 28.7 Å². The molecule has 0 aliphatic heterocycles. The lowest BCUT2D eigenvalue weighted by atomic mass is 10.0. The molecule has 1 aliphatic carbocycles. The van der Waals surface area contributed by atoms with E-state index < -0.39 is 5.82 Å². The summed E-state index contributed by atoms with van der Waals surface area (Å²) >= 11 is 6.09. The Labute approximate surface area is 153 Å². The number of hydrogen-bond acceptors (Lipinski definition) is 4. The molecule has 0 N–H and O–H groups in total. The number of rotatable bonds is 5. The Bertz CT molecular complexity index is 1030. The lowest BCUT2D eigenvalue weighted by Crippen LogP contribution is -2.23. The molecule has 0 radical (unpaired) electrons. The lowest BCUT2D eigenvalue weighted by molar-refractivity contribution is 0.303. The minimum atomic E-state index is -0.426. The molecule has 0 amide bonds. The summed E-state index contributed by atoms with van der Waals surface area (Å²) in [5, 5.41) is 8.03. The van der Waals surface area contributed by atoms with E-state index in [1.807, 2.05) is 12.1 Å². The van der Waals surface area contributed by atoms with Gasteiger partial charge in [-0.15, -0.1) is 0 Å². The van der Waals surface area contributed by atoms with Crippen LogP contribution in [0.1, 0.15) is 29.9 Å². The first kappa shape index (κ1) is 16.8. The summed E-state index contributed by atoms with van der Waals surface area (Å²) in [6.45, 7) is 0.147. The molecule has 3 aromatic rings. The molecule has 1 aliphatic rings. The summed E-state index contributed by atoms with van der Waals surface area (Å²) < 4.78 is 21.7. The summed E-state index contributed by atoms with van der Waals surface area (Å²) in [5.74, 6) is 0.267. The van der Waals surface area contributed by atoms with Gasteiger partial charge in [-0.3, -0.25) is 0 Å². The predicted molar refractivity (Wildman–Crippen MR) is 94.3 cm³/mol. The van der Waals surface area contributed by atoms with Crippen molar-refractivity contribution >= 4 is 11.6 Å². The molecule has 0 unspecified atom stereocenters. The molecule has 0 saturated heterocycles. The van der Waals surface area contributed by atoms with Gasteiger partial charge in [0.05, 0.1) is 10.7 Å². The zero-order chi connectivity index (χ0) is 18.3. The SMILES string of the molecule is Cn1nnn(-c2cccc(C3CC3)c2COc2cc(F)ccc2Cl)c1=O. The van der Waals surface area contributed by atoms with Gasteiger partial charge >= 0.3 is 5.69 Å². The van der Waals surface area contributed by atoms with Crippen LogP contribution in [-0.2, 0) is 13.7 Å². The van der Waals surface area contributed by atoms with Crippen molar-refractivity contribution in [3.63, 3.8) is 0 Å². The highest BCUT2D eigenvalue weighted by Crippen LogP contribution is 2.43. The molecule has 6 nitrogen and oxygen atoms in total. The number of nitrogens with zero attached hydrogens (tertiary/aromatic N) is 4. The van der Waals surface area contributed by atoms with Crippen molar-refractivity contribution in [1.29, 1.82) is 0 Å². The summed E-state index contributed by atoms with van der Waals surface area (Å²) in [6, 6.07) is 9.69. The van der Waals surface area contributed by atoms with Crippen molar-refractivity contribution in [3.05, 3.63) is 68.8 Å². The normalized spacial score (nSPS) is 13.8. The van der Waals surface area contributed by atoms with E-state index in [9.17, 15) is 9.18 Å². The van der Waals surface area contributed by atoms with E-state index >= 15 is 0 Å². The predicted octanol–water partition coefficient (Wildman–Crippen LogP) is 3.21. The second kappa shape index (κ2) is 6.57. The molecule has 1 saturated carbocycles. The van der Waals surface area contributed by atoms with Crippen molar-refractivity contribution in [2.45, 2.75) is 25.4 Å². The second-order valence-electron chi connectivity index (χ2n) is 6.28. The fourth-order valence-electron chi connectivity index (χ4n) is 2.93. The molecule has 0 atom stereocenters. The maximum Gasteiger partial charge on any atom is 0.368 e. The lowest BCUT2D eigenvalue weighted by Gasteiger charge is -2.15. The number of tetrazole rings is 1. The van der Waals surface area contributed by atoms with Crippen LogP contribution in [0.2, 0.25) is 5.02 Å². The molecule has 134 valence electrons. The van der Waals surface area contributed by atoms with E-state index in [0.29, 0.717) is 16.6 Å². The van der Waals surface area contributed by atoms with Crippen LogP contribution >= 0.6 is 11.6 Å². The molecular formula is C18H16ClFN4O2. The van der Waals surface area contributed by atoms with Gasteiger partial charge in [0.15, 0.2) is 0 Å². The molecular weight excluding hydrogens is 359 g/mol. The van der Waals surface area contributed by atoms with Crippen molar-refractivity contribution in [1.82, 2.24) is 19.8 Å². The Morgan fingerprint density at radius 1 is 1.27 bits per heavy atom. The van der Waals surface area contributed by atoms with Crippen LogP contribution in [0, 0.1) is 5.82 Å². The standard InChI is InChI=1S/C18H16ClFN4O2/c1-23-18(25)24(22-21-23)16-4-2-3-13(11-5-6-11)14(16)10-26-17-9-12(20)7-8-15(17)19/h2-4,7-9,11H,5-6,10H2,1H3. The largest absolute Gasteiger partial charge is 0.487 e. The minimum Gasteiger partial charge on any atom is -0.487 e. The smallest absolute Gasteiger partial charge is 0.368 e. The van der Waals surface area contributed by atoms with Crippen molar-refractivity contribution in [3.8, 4) is 11.4 Å². The maximum absolute atomic E-state index is 13.5. The average molecular weight is 375 g/mol. The third-order valence-corrected chi connectivity index (χ3v) is 4.73.